The standard InChI is InChI=1S/C24H50O2S2Si2/c1-19(2)30(20(3)4,21(5)6)24(27-16-13-17-28-24)15-12-14-22(18-25)26-29(10,11)23(7,8)9/h12,14,19-22,25H,13,15-18H2,1-11H3/b14-12+/t22-/m0/s1. The number of allylic oxidation sites excluding steroid dienone is 1. The Morgan fingerprint density at radius 3 is 1.80 bits per heavy atom. The van der Waals surface area contributed by atoms with Crippen molar-refractivity contribution in [2.24, 2.45) is 0 Å². The van der Waals surface area contributed by atoms with E-state index in [0.717, 1.165) is 23.0 Å². The maximum atomic E-state index is 10.0. The smallest absolute Gasteiger partial charge is 0.192 e. The molecule has 0 radical (unpaired) electrons. The van der Waals surface area contributed by atoms with E-state index >= 15 is 0 Å². The summed E-state index contributed by atoms with van der Waals surface area (Å²) in [6.07, 6.45) is 6.79. The highest BCUT2D eigenvalue weighted by atomic mass is 32.2. The average Bonchev–Trinajstić information content (AvgIpc) is 2.60. The van der Waals surface area contributed by atoms with Crippen LogP contribution >= 0.6 is 23.5 Å². The zero-order valence-electron chi connectivity index (χ0n) is 21.7. The molecule has 0 saturated carbocycles. The maximum absolute atomic E-state index is 10.0. The normalized spacial score (nSPS) is 20.0. The molecular weight excluding hydrogens is 441 g/mol. The summed E-state index contributed by atoms with van der Waals surface area (Å²) in [5.41, 5.74) is 2.25. The fourth-order valence-corrected chi connectivity index (χ4v) is 23.4. The molecule has 0 aromatic carbocycles. The molecule has 1 fully saturated rings. The summed E-state index contributed by atoms with van der Waals surface area (Å²) in [6, 6.07) is 0. The van der Waals surface area contributed by atoms with Crippen molar-refractivity contribution < 1.29 is 9.53 Å². The zero-order chi connectivity index (χ0) is 23.4. The topological polar surface area (TPSA) is 29.5 Å². The quantitative estimate of drug-likeness (QED) is 0.247. The van der Waals surface area contributed by atoms with Gasteiger partial charge in [-0.25, -0.2) is 0 Å². The molecule has 0 amide bonds. The molecule has 1 aliphatic rings. The highest BCUT2D eigenvalue weighted by Crippen LogP contribution is 2.61. The molecule has 178 valence electrons. The van der Waals surface area contributed by atoms with Gasteiger partial charge in [-0.05, 0) is 59.1 Å². The highest BCUT2D eigenvalue weighted by molar-refractivity contribution is 8.21. The minimum absolute atomic E-state index is 0.0669. The first-order valence-electron chi connectivity index (χ1n) is 11.9. The van der Waals surface area contributed by atoms with E-state index in [1.807, 2.05) is 0 Å². The van der Waals surface area contributed by atoms with Crippen LogP contribution < -0.4 is 0 Å². The Morgan fingerprint density at radius 2 is 1.43 bits per heavy atom. The molecule has 6 heteroatoms. The number of aliphatic hydroxyl groups is 1. The lowest BCUT2D eigenvalue weighted by atomic mass is 10.2. The highest BCUT2D eigenvalue weighted by Gasteiger charge is 2.59. The average molecular weight is 491 g/mol. The van der Waals surface area contributed by atoms with E-state index in [-0.39, 0.29) is 17.7 Å². The van der Waals surface area contributed by atoms with E-state index in [0.29, 0.717) is 3.70 Å². The van der Waals surface area contributed by atoms with Gasteiger partial charge in [0.05, 0.1) is 24.5 Å². The second-order valence-electron chi connectivity index (χ2n) is 11.4. The molecule has 0 bridgehead atoms. The molecule has 0 aromatic heterocycles. The van der Waals surface area contributed by atoms with Gasteiger partial charge in [0.25, 0.3) is 0 Å². The van der Waals surface area contributed by atoms with Crippen LogP contribution in [0.3, 0.4) is 0 Å². The largest absolute Gasteiger partial charge is 0.408 e. The van der Waals surface area contributed by atoms with E-state index in [4.69, 9.17) is 4.43 Å². The number of thioether (sulfide) groups is 2. The van der Waals surface area contributed by atoms with Crippen molar-refractivity contribution in [1.82, 2.24) is 0 Å². The van der Waals surface area contributed by atoms with Crippen molar-refractivity contribution in [3.63, 3.8) is 0 Å². The summed E-state index contributed by atoms with van der Waals surface area (Å²) in [4.78, 5) is 0. The van der Waals surface area contributed by atoms with Crippen LogP contribution in [0.15, 0.2) is 12.2 Å². The molecule has 0 spiro atoms. The second kappa shape index (κ2) is 11.3. The monoisotopic (exact) mass is 490 g/mol. The molecule has 1 aliphatic heterocycles. The van der Waals surface area contributed by atoms with E-state index in [9.17, 15) is 5.11 Å². The van der Waals surface area contributed by atoms with Crippen molar-refractivity contribution in [3.8, 4) is 0 Å². The number of rotatable bonds is 10. The van der Waals surface area contributed by atoms with Gasteiger partial charge < -0.3 is 9.53 Å². The van der Waals surface area contributed by atoms with Crippen LogP contribution in [-0.4, -0.2) is 49.4 Å². The number of aliphatic hydroxyl groups excluding tert-OH is 1. The minimum atomic E-state index is -1.90. The molecular formula is C24H50O2S2Si2. The van der Waals surface area contributed by atoms with Crippen LogP contribution in [-0.2, 0) is 4.43 Å². The Bertz CT molecular complexity index is 526. The number of hydrogen-bond donors (Lipinski definition) is 1. The van der Waals surface area contributed by atoms with Gasteiger partial charge in [0.15, 0.2) is 8.32 Å². The molecule has 1 heterocycles. The van der Waals surface area contributed by atoms with E-state index < -0.39 is 16.4 Å². The van der Waals surface area contributed by atoms with Crippen LogP contribution in [0, 0.1) is 0 Å². The Kier molecular flexibility index (Phi) is 10.8. The fraction of sp³-hybridized carbons (Fsp3) is 0.917. The summed E-state index contributed by atoms with van der Waals surface area (Å²) in [7, 11) is -3.56. The van der Waals surface area contributed by atoms with Crippen LogP contribution in [0.2, 0.25) is 34.8 Å². The van der Waals surface area contributed by atoms with E-state index in [1.165, 1.54) is 17.9 Å². The van der Waals surface area contributed by atoms with Crippen molar-refractivity contribution in [2.45, 2.75) is 120 Å². The predicted molar refractivity (Wildman–Crippen MR) is 146 cm³/mol. The minimum Gasteiger partial charge on any atom is -0.408 e. The zero-order valence-corrected chi connectivity index (χ0v) is 25.3. The van der Waals surface area contributed by atoms with Gasteiger partial charge in [-0.2, -0.15) is 0 Å². The molecule has 1 rings (SSSR count). The third-order valence-electron chi connectivity index (χ3n) is 7.65. The van der Waals surface area contributed by atoms with Crippen molar-refractivity contribution in [2.75, 3.05) is 18.1 Å². The van der Waals surface area contributed by atoms with Gasteiger partial charge in [0, 0.05) is 0 Å². The SMILES string of the molecule is CC(C)[Si](C(C)C)(C(C)C)C1(C/C=C/[C@@H](CO)O[Si](C)(C)C(C)(C)C)SCCCS1. The molecule has 1 atom stereocenters. The lowest BCUT2D eigenvalue weighted by Crippen LogP contribution is -2.61. The molecule has 0 aromatic rings. The number of hydrogen-bond acceptors (Lipinski definition) is 4. The molecule has 0 aliphatic carbocycles. The van der Waals surface area contributed by atoms with Gasteiger partial charge in [-0.15, -0.1) is 23.5 Å². The molecule has 0 unspecified atom stereocenters. The van der Waals surface area contributed by atoms with Crippen LogP contribution in [0.5, 0.6) is 0 Å². The van der Waals surface area contributed by atoms with Crippen LogP contribution in [0.25, 0.3) is 0 Å². The lowest BCUT2D eigenvalue weighted by Gasteiger charge is -2.57. The summed E-state index contributed by atoms with van der Waals surface area (Å²) in [5, 5.41) is 10.2. The first-order chi connectivity index (χ1) is 13.7. The van der Waals surface area contributed by atoms with Crippen molar-refractivity contribution >= 4 is 39.9 Å². The van der Waals surface area contributed by atoms with Gasteiger partial charge in [0.2, 0.25) is 0 Å². The third-order valence-corrected chi connectivity index (χ3v) is 25.4. The van der Waals surface area contributed by atoms with Gasteiger partial charge in [-0.3, -0.25) is 0 Å². The second-order valence-corrected chi connectivity index (χ2v) is 26.1. The molecule has 1 N–H and O–H groups in total. The summed E-state index contributed by atoms with van der Waals surface area (Å²) >= 11 is 4.52. The van der Waals surface area contributed by atoms with Gasteiger partial charge >= 0.3 is 0 Å². The lowest BCUT2D eigenvalue weighted by molar-refractivity contribution is 0.137. The Labute approximate surface area is 198 Å². The van der Waals surface area contributed by atoms with Crippen molar-refractivity contribution in [3.05, 3.63) is 12.2 Å². The van der Waals surface area contributed by atoms with Gasteiger partial charge in [0.1, 0.15) is 0 Å². The molecule has 1 saturated heterocycles. The first kappa shape index (κ1) is 28.8. The Morgan fingerprint density at radius 1 is 0.967 bits per heavy atom. The molecule has 30 heavy (non-hydrogen) atoms. The van der Waals surface area contributed by atoms with Gasteiger partial charge in [-0.1, -0.05) is 74.5 Å². The van der Waals surface area contributed by atoms with Crippen LogP contribution in [0.4, 0.5) is 0 Å². The summed E-state index contributed by atoms with van der Waals surface area (Å²) in [6.45, 7) is 26.3. The Balaban J connectivity index is 3.22. The van der Waals surface area contributed by atoms with Crippen LogP contribution in [0.1, 0.15) is 75.2 Å². The first-order valence-corrected chi connectivity index (χ1v) is 19.0. The molecule has 2 nitrogen and oxygen atoms in total. The maximum Gasteiger partial charge on any atom is 0.192 e. The van der Waals surface area contributed by atoms with E-state index in [1.54, 1.807) is 0 Å². The van der Waals surface area contributed by atoms with Crippen molar-refractivity contribution in [1.29, 1.82) is 0 Å². The third kappa shape index (κ3) is 6.02. The summed E-state index contributed by atoms with van der Waals surface area (Å²) in [5.74, 6) is 2.57. The van der Waals surface area contributed by atoms with E-state index in [2.05, 4.69) is 111 Å². The Hall–Kier alpha value is 0.794. The summed E-state index contributed by atoms with van der Waals surface area (Å²) < 4.78 is 6.82. The predicted octanol–water partition coefficient (Wildman–Crippen LogP) is 8.10. The fourth-order valence-electron chi connectivity index (χ4n) is 5.51.